The van der Waals surface area contributed by atoms with Crippen LogP contribution in [0.25, 0.3) is 6.08 Å². The number of ketones is 1. The molecule has 48 heavy (non-hydrogen) atoms. The highest BCUT2D eigenvalue weighted by molar-refractivity contribution is 7.09. The number of hydrogen-bond acceptors (Lipinski definition) is 8. The normalized spacial score (nSPS) is 19.9. The van der Waals surface area contributed by atoms with Gasteiger partial charge in [-0.2, -0.15) is 0 Å². The van der Waals surface area contributed by atoms with Crippen molar-refractivity contribution < 1.29 is 33.7 Å². The SMILES string of the molecule is C/C(=C\C[C@H](O)/C(C)=C/c1csc(C)n1)CC/C=C(\C)[C@H](OC1CCCCO1)[C@@H](C)C(=O)C(C)(C)[C@H](CC(=O)O)O[Si](C)(C)C(C)(C)C. The molecule has 2 heterocycles. The molecule has 2 N–H and O–H groups in total. The van der Waals surface area contributed by atoms with Crippen LogP contribution in [0.15, 0.2) is 34.3 Å². The highest BCUT2D eigenvalue weighted by atomic mass is 32.1. The average Bonchev–Trinajstić information content (AvgIpc) is 3.40. The van der Waals surface area contributed by atoms with Gasteiger partial charge < -0.3 is 24.1 Å². The predicted molar refractivity (Wildman–Crippen MR) is 199 cm³/mol. The van der Waals surface area contributed by atoms with Gasteiger partial charge in [-0.05, 0) is 102 Å². The summed E-state index contributed by atoms with van der Waals surface area (Å²) >= 11 is 1.59. The molecule has 1 aromatic heterocycles. The lowest BCUT2D eigenvalue weighted by Crippen LogP contribution is -2.52. The van der Waals surface area contributed by atoms with Gasteiger partial charge in [0.1, 0.15) is 5.78 Å². The Bertz CT molecular complexity index is 1300. The van der Waals surface area contributed by atoms with E-state index < -0.39 is 50.2 Å². The monoisotopic (exact) mass is 705 g/mol. The van der Waals surface area contributed by atoms with Crippen LogP contribution >= 0.6 is 11.3 Å². The van der Waals surface area contributed by atoms with Crippen LogP contribution in [0, 0.1) is 18.3 Å². The van der Waals surface area contributed by atoms with Crippen molar-refractivity contribution in [1.29, 1.82) is 0 Å². The molecule has 1 aromatic rings. The van der Waals surface area contributed by atoms with Crippen LogP contribution < -0.4 is 0 Å². The highest BCUT2D eigenvalue weighted by Crippen LogP contribution is 2.42. The van der Waals surface area contributed by atoms with E-state index in [9.17, 15) is 19.8 Å². The molecule has 0 aliphatic carbocycles. The number of aliphatic hydroxyl groups is 1. The number of allylic oxidation sites excluding steroid dienone is 2. The minimum atomic E-state index is -2.38. The van der Waals surface area contributed by atoms with Crippen LogP contribution in [0.2, 0.25) is 18.1 Å². The maximum atomic E-state index is 14.4. The summed E-state index contributed by atoms with van der Waals surface area (Å²) in [6.07, 6.45) is 8.50. The zero-order chi connectivity index (χ0) is 36.4. The van der Waals surface area contributed by atoms with E-state index in [1.54, 1.807) is 11.3 Å². The number of rotatable bonds is 18. The molecule has 10 heteroatoms. The van der Waals surface area contributed by atoms with Crippen molar-refractivity contribution in [1.82, 2.24) is 4.98 Å². The lowest BCUT2D eigenvalue weighted by molar-refractivity contribution is -0.191. The van der Waals surface area contributed by atoms with E-state index in [4.69, 9.17) is 13.9 Å². The Hall–Kier alpha value is -1.95. The van der Waals surface area contributed by atoms with Crippen LogP contribution in [0.4, 0.5) is 0 Å². The van der Waals surface area contributed by atoms with E-state index in [0.29, 0.717) is 13.0 Å². The van der Waals surface area contributed by atoms with E-state index in [1.807, 2.05) is 53.0 Å². The molecule has 1 aliphatic heterocycles. The topological polar surface area (TPSA) is 115 Å². The van der Waals surface area contributed by atoms with Gasteiger partial charge in [0, 0.05) is 23.3 Å². The smallest absolute Gasteiger partial charge is 0.305 e. The number of aromatic nitrogens is 1. The second-order valence-corrected chi connectivity index (χ2v) is 21.5. The lowest BCUT2D eigenvalue weighted by Gasteiger charge is -2.44. The van der Waals surface area contributed by atoms with Crippen molar-refractivity contribution in [2.24, 2.45) is 11.3 Å². The van der Waals surface area contributed by atoms with Gasteiger partial charge >= 0.3 is 5.97 Å². The summed E-state index contributed by atoms with van der Waals surface area (Å²) in [7, 11) is -2.38. The second kappa shape index (κ2) is 18.3. The molecular weight excluding hydrogens is 643 g/mol. The molecule has 1 unspecified atom stereocenters. The van der Waals surface area contributed by atoms with Gasteiger partial charge in [0.25, 0.3) is 0 Å². The molecule has 5 atom stereocenters. The number of ether oxygens (including phenoxy) is 2. The molecule has 0 bridgehead atoms. The van der Waals surface area contributed by atoms with Crippen LogP contribution in [-0.4, -0.2) is 66.5 Å². The van der Waals surface area contributed by atoms with E-state index >= 15 is 0 Å². The Kier molecular flexibility index (Phi) is 16.1. The van der Waals surface area contributed by atoms with Crippen LogP contribution in [0.1, 0.15) is 118 Å². The number of hydrogen-bond donors (Lipinski definition) is 2. The summed E-state index contributed by atoms with van der Waals surface area (Å²) in [6, 6.07) is 0. The molecule has 0 radical (unpaired) electrons. The molecule has 1 aliphatic rings. The summed E-state index contributed by atoms with van der Waals surface area (Å²) in [5, 5.41) is 23.4. The maximum absolute atomic E-state index is 14.4. The van der Waals surface area contributed by atoms with Crippen molar-refractivity contribution in [3.8, 4) is 0 Å². The Balaban J connectivity index is 2.22. The Morgan fingerprint density at radius 3 is 2.33 bits per heavy atom. The van der Waals surface area contributed by atoms with Crippen LogP contribution in [0.3, 0.4) is 0 Å². The average molecular weight is 706 g/mol. The van der Waals surface area contributed by atoms with Gasteiger partial charge in [-0.3, -0.25) is 9.59 Å². The van der Waals surface area contributed by atoms with Gasteiger partial charge in [-0.15, -0.1) is 11.3 Å². The molecule has 1 fully saturated rings. The summed E-state index contributed by atoms with van der Waals surface area (Å²) in [5.41, 5.74) is 2.82. The van der Waals surface area contributed by atoms with Gasteiger partial charge in [-0.1, -0.05) is 59.3 Å². The molecule has 0 aromatic carbocycles. The molecule has 0 amide bonds. The summed E-state index contributed by atoms with van der Waals surface area (Å²) in [6.45, 7) is 24.6. The first-order chi connectivity index (χ1) is 22.2. The maximum Gasteiger partial charge on any atom is 0.305 e. The molecular formula is C38H63NO7SSi. The summed E-state index contributed by atoms with van der Waals surface area (Å²) in [5.74, 6) is -1.62. The third-order valence-corrected chi connectivity index (χ3v) is 15.3. The minimum absolute atomic E-state index is 0.0812. The Morgan fingerprint density at radius 1 is 1.12 bits per heavy atom. The number of Topliss-reactive ketones (excluding diaryl/α,β-unsaturated/α-hetero) is 1. The van der Waals surface area contributed by atoms with Gasteiger partial charge in [0.05, 0.1) is 35.4 Å². The third kappa shape index (κ3) is 12.7. The van der Waals surface area contributed by atoms with Crippen molar-refractivity contribution in [3.05, 3.63) is 45.0 Å². The first-order valence-electron chi connectivity index (χ1n) is 17.5. The third-order valence-electron chi connectivity index (χ3n) is 10.0. The van der Waals surface area contributed by atoms with Crippen molar-refractivity contribution in [3.63, 3.8) is 0 Å². The molecule has 0 spiro atoms. The molecule has 1 saturated heterocycles. The van der Waals surface area contributed by atoms with E-state index in [1.165, 1.54) is 5.57 Å². The zero-order valence-electron chi connectivity index (χ0n) is 31.6. The summed E-state index contributed by atoms with van der Waals surface area (Å²) < 4.78 is 19.1. The summed E-state index contributed by atoms with van der Waals surface area (Å²) in [4.78, 5) is 30.8. The number of carboxylic acids is 1. The van der Waals surface area contributed by atoms with Crippen molar-refractivity contribution >= 4 is 37.5 Å². The van der Waals surface area contributed by atoms with Crippen molar-refractivity contribution in [2.75, 3.05) is 6.61 Å². The number of aliphatic carboxylic acids is 1. The largest absolute Gasteiger partial charge is 0.481 e. The number of carboxylic acid groups (broad SMARTS) is 1. The molecule has 2 rings (SSSR count). The standard InChI is InChI=1S/C38H63NO7SSi/c1-25(19-20-31(40)27(3)22-30-24-47-29(5)39-30)16-15-17-26(2)35(45-34-18-13-14-21-44-34)28(4)36(43)38(9,10)32(23-33(41)42)46-48(11,12)37(6,7)8/h17,19,22,24,28,31-32,34-35,40H,13-16,18,20-21,23H2,1-12H3,(H,41,42)/b25-19+,26-17+,27-22+/t28-,31+,32+,34?,35+/m1/s1. The number of carbonyl (C=O) groups excluding carboxylic acids is 1. The highest BCUT2D eigenvalue weighted by Gasteiger charge is 2.48. The molecule has 0 saturated carbocycles. The van der Waals surface area contributed by atoms with E-state index in [-0.39, 0.29) is 17.2 Å². The number of thiazole rings is 1. The molecule has 272 valence electrons. The van der Waals surface area contributed by atoms with Crippen LogP contribution in [0.5, 0.6) is 0 Å². The zero-order valence-corrected chi connectivity index (χ0v) is 33.5. The minimum Gasteiger partial charge on any atom is -0.481 e. The Morgan fingerprint density at radius 2 is 1.79 bits per heavy atom. The van der Waals surface area contributed by atoms with Gasteiger partial charge in [0.2, 0.25) is 0 Å². The fourth-order valence-corrected chi connectivity index (χ4v) is 7.65. The quantitative estimate of drug-likeness (QED) is 0.115. The van der Waals surface area contributed by atoms with E-state index in [2.05, 4.69) is 57.9 Å². The van der Waals surface area contributed by atoms with E-state index in [0.717, 1.165) is 54.0 Å². The molecule has 8 nitrogen and oxygen atoms in total. The number of carbonyl (C=O) groups is 2. The Labute approximate surface area is 295 Å². The fourth-order valence-electron chi connectivity index (χ4n) is 5.64. The second-order valence-electron chi connectivity index (χ2n) is 15.7. The lowest BCUT2D eigenvalue weighted by atomic mass is 9.74. The predicted octanol–water partition coefficient (Wildman–Crippen LogP) is 9.29. The first-order valence-corrected chi connectivity index (χ1v) is 21.3. The van der Waals surface area contributed by atoms with Crippen molar-refractivity contribution in [2.45, 2.75) is 157 Å². The van der Waals surface area contributed by atoms with Gasteiger partial charge in [0.15, 0.2) is 14.6 Å². The fraction of sp³-hybridized carbons (Fsp3) is 0.711. The number of aryl methyl sites for hydroxylation is 1. The first kappa shape index (κ1) is 42.2. The number of nitrogens with zero attached hydrogens (tertiary/aromatic N) is 1. The number of aliphatic hydroxyl groups excluding tert-OH is 1. The van der Waals surface area contributed by atoms with Crippen LogP contribution in [-0.2, 0) is 23.5 Å². The van der Waals surface area contributed by atoms with Gasteiger partial charge in [-0.25, -0.2) is 4.98 Å².